The molecule has 0 radical (unpaired) electrons. The lowest BCUT2D eigenvalue weighted by Gasteiger charge is -2.18. The highest BCUT2D eigenvalue weighted by Gasteiger charge is 2.13. The minimum absolute atomic E-state index is 0. The lowest BCUT2D eigenvalue weighted by molar-refractivity contribution is 0.0995. The molecule has 1 aromatic carbocycles. The first-order chi connectivity index (χ1) is 9.76. The van der Waals surface area contributed by atoms with Crippen LogP contribution in [-0.2, 0) is 12.8 Å². The molecule has 0 bridgehead atoms. The summed E-state index contributed by atoms with van der Waals surface area (Å²) in [6.07, 6.45) is 3.04. The standard InChI is InChI=1S/C16H18N2O2.ClH/c1-2-13-7-8-15(20-13)16(19)18-12-6-5-11-4-3-9-17-14(11)10-12;/h5-8,10,17H,2-4,9H2,1H3,(H,18,19);1H. The van der Waals surface area contributed by atoms with E-state index in [1.165, 1.54) is 5.56 Å². The molecule has 1 aromatic heterocycles. The van der Waals surface area contributed by atoms with E-state index in [1.54, 1.807) is 6.07 Å². The molecule has 0 spiro atoms. The smallest absolute Gasteiger partial charge is 0.291 e. The summed E-state index contributed by atoms with van der Waals surface area (Å²) in [5.74, 6) is 0.968. The van der Waals surface area contributed by atoms with Gasteiger partial charge in [-0.2, -0.15) is 0 Å². The normalized spacial score (nSPS) is 12.8. The number of rotatable bonds is 3. The molecule has 1 aliphatic rings. The molecular formula is C16H19ClN2O2. The number of furan rings is 1. The maximum atomic E-state index is 12.1. The van der Waals surface area contributed by atoms with E-state index in [1.807, 2.05) is 25.1 Å². The van der Waals surface area contributed by atoms with Crippen LogP contribution in [0.25, 0.3) is 0 Å². The molecule has 0 saturated carbocycles. The predicted octanol–water partition coefficient (Wildman–Crippen LogP) is 3.87. The number of fused-ring (bicyclic) bond motifs is 1. The first-order valence-corrected chi connectivity index (χ1v) is 7.03. The number of halogens is 1. The monoisotopic (exact) mass is 306 g/mol. The van der Waals surface area contributed by atoms with Crippen molar-refractivity contribution in [2.45, 2.75) is 26.2 Å². The van der Waals surface area contributed by atoms with Gasteiger partial charge in [-0.1, -0.05) is 13.0 Å². The Morgan fingerprint density at radius 2 is 2.19 bits per heavy atom. The highest BCUT2D eigenvalue weighted by Crippen LogP contribution is 2.25. The number of anilines is 2. The third-order valence-corrected chi connectivity index (χ3v) is 3.54. The Hall–Kier alpha value is -1.94. The van der Waals surface area contributed by atoms with Crippen LogP contribution in [0.5, 0.6) is 0 Å². The summed E-state index contributed by atoms with van der Waals surface area (Å²) in [5, 5.41) is 6.23. The number of aryl methyl sites for hydroxylation is 2. The maximum Gasteiger partial charge on any atom is 0.291 e. The Balaban J connectivity index is 0.00000161. The molecule has 0 unspecified atom stereocenters. The van der Waals surface area contributed by atoms with Crippen LogP contribution in [0.1, 0.15) is 35.2 Å². The third kappa shape index (κ3) is 3.39. The zero-order chi connectivity index (χ0) is 13.9. The molecule has 0 atom stereocenters. The van der Waals surface area contributed by atoms with Crippen LogP contribution in [0.4, 0.5) is 11.4 Å². The van der Waals surface area contributed by atoms with Crippen molar-refractivity contribution < 1.29 is 9.21 Å². The molecule has 2 heterocycles. The van der Waals surface area contributed by atoms with Crippen LogP contribution < -0.4 is 10.6 Å². The van der Waals surface area contributed by atoms with E-state index in [-0.39, 0.29) is 18.3 Å². The zero-order valence-corrected chi connectivity index (χ0v) is 12.8. The number of amides is 1. The zero-order valence-electron chi connectivity index (χ0n) is 11.9. The molecule has 5 heteroatoms. The van der Waals surface area contributed by atoms with Gasteiger partial charge in [0.2, 0.25) is 0 Å². The second kappa shape index (κ2) is 6.68. The van der Waals surface area contributed by atoms with Crippen LogP contribution in [0.3, 0.4) is 0 Å². The molecule has 2 aromatic rings. The summed E-state index contributed by atoms with van der Waals surface area (Å²) in [4.78, 5) is 12.1. The van der Waals surface area contributed by atoms with Gasteiger partial charge in [0, 0.05) is 24.3 Å². The number of carbonyl (C=O) groups is 1. The van der Waals surface area contributed by atoms with Gasteiger partial charge in [-0.3, -0.25) is 4.79 Å². The van der Waals surface area contributed by atoms with Crippen LogP contribution in [0, 0.1) is 0 Å². The Bertz CT molecular complexity index is 637. The Labute approximate surface area is 130 Å². The molecule has 0 aliphatic carbocycles. The van der Waals surface area contributed by atoms with Crippen molar-refractivity contribution in [2.24, 2.45) is 0 Å². The van der Waals surface area contributed by atoms with Crippen molar-refractivity contribution in [3.63, 3.8) is 0 Å². The number of hydrogen-bond donors (Lipinski definition) is 2. The highest BCUT2D eigenvalue weighted by molar-refractivity contribution is 6.02. The van der Waals surface area contributed by atoms with Crippen molar-refractivity contribution in [3.05, 3.63) is 47.4 Å². The SMILES string of the molecule is CCc1ccc(C(=O)Nc2ccc3c(c2)NCCC3)o1.Cl. The summed E-state index contributed by atoms with van der Waals surface area (Å²) in [7, 11) is 0. The first-order valence-electron chi connectivity index (χ1n) is 7.03. The fraction of sp³-hybridized carbons (Fsp3) is 0.312. The van der Waals surface area contributed by atoms with Crippen LogP contribution in [0.15, 0.2) is 34.7 Å². The Kier molecular flexibility index (Phi) is 4.91. The van der Waals surface area contributed by atoms with Gasteiger partial charge >= 0.3 is 0 Å². The summed E-state index contributed by atoms with van der Waals surface area (Å²) in [5.41, 5.74) is 3.21. The van der Waals surface area contributed by atoms with Crippen molar-refractivity contribution >= 4 is 29.7 Å². The second-order valence-electron chi connectivity index (χ2n) is 4.98. The summed E-state index contributed by atoms with van der Waals surface area (Å²) < 4.78 is 5.45. The lowest BCUT2D eigenvalue weighted by atomic mass is 10.0. The van der Waals surface area contributed by atoms with E-state index < -0.39 is 0 Å². The second-order valence-corrected chi connectivity index (χ2v) is 4.98. The van der Waals surface area contributed by atoms with E-state index >= 15 is 0 Å². The average molecular weight is 307 g/mol. The third-order valence-electron chi connectivity index (χ3n) is 3.54. The van der Waals surface area contributed by atoms with Crippen molar-refractivity contribution in [1.82, 2.24) is 0 Å². The van der Waals surface area contributed by atoms with Crippen molar-refractivity contribution in [2.75, 3.05) is 17.2 Å². The molecule has 0 fully saturated rings. The molecule has 112 valence electrons. The predicted molar refractivity (Wildman–Crippen MR) is 86.5 cm³/mol. The molecule has 21 heavy (non-hydrogen) atoms. The fourth-order valence-electron chi connectivity index (χ4n) is 2.42. The maximum absolute atomic E-state index is 12.1. The van der Waals surface area contributed by atoms with Gasteiger partial charge in [0.05, 0.1) is 0 Å². The van der Waals surface area contributed by atoms with E-state index in [2.05, 4.69) is 16.7 Å². The molecule has 4 nitrogen and oxygen atoms in total. The molecule has 1 aliphatic heterocycles. The Morgan fingerprint density at radius 3 is 2.95 bits per heavy atom. The summed E-state index contributed by atoms with van der Waals surface area (Å²) in [6, 6.07) is 9.54. The minimum Gasteiger partial charge on any atom is -0.456 e. The van der Waals surface area contributed by atoms with E-state index in [4.69, 9.17) is 4.42 Å². The Morgan fingerprint density at radius 1 is 1.33 bits per heavy atom. The van der Waals surface area contributed by atoms with Crippen LogP contribution in [-0.4, -0.2) is 12.5 Å². The van der Waals surface area contributed by atoms with Gasteiger partial charge in [-0.05, 0) is 42.7 Å². The quantitative estimate of drug-likeness (QED) is 0.905. The van der Waals surface area contributed by atoms with Gasteiger partial charge in [0.1, 0.15) is 5.76 Å². The molecule has 1 amide bonds. The van der Waals surface area contributed by atoms with Gasteiger partial charge < -0.3 is 15.1 Å². The summed E-state index contributed by atoms with van der Waals surface area (Å²) >= 11 is 0. The van der Waals surface area contributed by atoms with Gasteiger partial charge in [0.15, 0.2) is 5.76 Å². The van der Waals surface area contributed by atoms with E-state index in [0.29, 0.717) is 5.76 Å². The minimum atomic E-state index is -0.208. The average Bonchev–Trinajstić information content (AvgIpc) is 2.96. The van der Waals surface area contributed by atoms with Crippen LogP contribution in [0.2, 0.25) is 0 Å². The lowest BCUT2D eigenvalue weighted by Crippen LogP contribution is -2.14. The number of benzene rings is 1. The fourth-order valence-corrected chi connectivity index (χ4v) is 2.42. The van der Waals surface area contributed by atoms with Crippen molar-refractivity contribution in [1.29, 1.82) is 0 Å². The number of nitrogens with one attached hydrogen (secondary N) is 2. The molecule has 3 rings (SSSR count). The van der Waals surface area contributed by atoms with Crippen molar-refractivity contribution in [3.8, 4) is 0 Å². The van der Waals surface area contributed by atoms with Gasteiger partial charge in [-0.25, -0.2) is 0 Å². The van der Waals surface area contributed by atoms with Gasteiger partial charge in [0.25, 0.3) is 5.91 Å². The summed E-state index contributed by atoms with van der Waals surface area (Å²) in [6.45, 7) is 2.98. The molecule has 2 N–H and O–H groups in total. The first kappa shape index (κ1) is 15.4. The van der Waals surface area contributed by atoms with E-state index in [9.17, 15) is 4.79 Å². The van der Waals surface area contributed by atoms with Crippen LogP contribution >= 0.6 is 12.4 Å². The highest BCUT2D eigenvalue weighted by atomic mass is 35.5. The topological polar surface area (TPSA) is 54.3 Å². The number of carbonyl (C=O) groups excluding carboxylic acids is 1. The largest absolute Gasteiger partial charge is 0.456 e. The van der Waals surface area contributed by atoms with E-state index in [0.717, 1.165) is 42.9 Å². The molecular weight excluding hydrogens is 288 g/mol. The number of hydrogen-bond acceptors (Lipinski definition) is 3. The molecule has 0 saturated heterocycles. The van der Waals surface area contributed by atoms with Gasteiger partial charge in [-0.15, -0.1) is 12.4 Å².